The first-order chi connectivity index (χ1) is 11.0. The molecule has 0 aliphatic heterocycles. The van der Waals surface area contributed by atoms with E-state index in [1.54, 1.807) is 13.0 Å². The summed E-state index contributed by atoms with van der Waals surface area (Å²) < 4.78 is 14.1. The molecule has 7 heteroatoms. The maximum atomic E-state index is 14.1. The third-order valence-corrected chi connectivity index (χ3v) is 3.47. The molecule has 6 nitrogen and oxygen atoms in total. The number of halogens is 1. The van der Waals surface area contributed by atoms with Crippen LogP contribution in [0, 0.1) is 24.1 Å². The van der Waals surface area contributed by atoms with Crippen LogP contribution in [0.1, 0.15) is 11.3 Å². The van der Waals surface area contributed by atoms with Crippen LogP contribution in [0.25, 0.3) is 22.5 Å². The van der Waals surface area contributed by atoms with Gasteiger partial charge in [0.05, 0.1) is 17.7 Å². The molecule has 3 rings (SSSR count). The molecule has 0 atom stereocenters. The van der Waals surface area contributed by atoms with Gasteiger partial charge in [0.1, 0.15) is 29.0 Å². The standard InChI is InChI=1S/C16H12FN5O/c1-8-15(21-7-20-8)11-5-14(22-16(19)12(11)6-18)10-3-2-9(23)4-13(10)17/h2-5,7,23H,1H3,(H2,19,22)(H,20,21). The lowest BCUT2D eigenvalue weighted by Crippen LogP contribution is -2.01. The lowest BCUT2D eigenvalue weighted by molar-refractivity contribution is 0.469. The summed E-state index contributed by atoms with van der Waals surface area (Å²) in [6.07, 6.45) is 1.50. The van der Waals surface area contributed by atoms with Crippen molar-refractivity contribution >= 4 is 5.82 Å². The summed E-state index contributed by atoms with van der Waals surface area (Å²) in [5, 5.41) is 18.6. The van der Waals surface area contributed by atoms with Gasteiger partial charge in [-0.15, -0.1) is 0 Å². The molecule has 23 heavy (non-hydrogen) atoms. The molecule has 0 amide bonds. The van der Waals surface area contributed by atoms with Gasteiger partial charge in [-0.25, -0.2) is 14.4 Å². The summed E-state index contributed by atoms with van der Waals surface area (Å²) >= 11 is 0. The van der Waals surface area contributed by atoms with Crippen molar-refractivity contribution in [3.8, 4) is 34.3 Å². The van der Waals surface area contributed by atoms with Gasteiger partial charge in [-0.2, -0.15) is 5.26 Å². The summed E-state index contributed by atoms with van der Waals surface area (Å²) in [4.78, 5) is 11.2. The largest absolute Gasteiger partial charge is 0.508 e. The van der Waals surface area contributed by atoms with E-state index in [-0.39, 0.29) is 28.4 Å². The summed E-state index contributed by atoms with van der Waals surface area (Å²) in [7, 11) is 0. The molecule has 4 N–H and O–H groups in total. The number of benzene rings is 1. The fraction of sp³-hybridized carbons (Fsp3) is 0.0625. The van der Waals surface area contributed by atoms with Crippen LogP contribution in [-0.2, 0) is 0 Å². The van der Waals surface area contributed by atoms with E-state index in [4.69, 9.17) is 5.73 Å². The number of aryl methyl sites for hydroxylation is 1. The Morgan fingerprint density at radius 1 is 1.30 bits per heavy atom. The smallest absolute Gasteiger partial charge is 0.142 e. The number of imidazole rings is 1. The molecular weight excluding hydrogens is 297 g/mol. The zero-order valence-corrected chi connectivity index (χ0v) is 12.1. The highest BCUT2D eigenvalue weighted by Crippen LogP contribution is 2.33. The van der Waals surface area contributed by atoms with E-state index < -0.39 is 5.82 Å². The number of pyridine rings is 1. The Balaban J connectivity index is 2.27. The predicted octanol–water partition coefficient (Wildman–Crippen LogP) is 2.75. The van der Waals surface area contributed by atoms with Crippen LogP contribution >= 0.6 is 0 Å². The minimum absolute atomic E-state index is 0.00475. The first kappa shape index (κ1) is 14.5. The molecule has 0 bridgehead atoms. The van der Waals surface area contributed by atoms with E-state index in [9.17, 15) is 14.8 Å². The molecule has 0 saturated heterocycles. The van der Waals surface area contributed by atoms with Crippen LogP contribution in [0.2, 0.25) is 0 Å². The zero-order valence-electron chi connectivity index (χ0n) is 12.1. The number of H-pyrrole nitrogens is 1. The average Bonchev–Trinajstić information content (AvgIpc) is 2.92. The molecule has 0 aliphatic rings. The minimum atomic E-state index is -0.633. The summed E-state index contributed by atoms with van der Waals surface area (Å²) in [5.41, 5.74) is 8.26. The third kappa shape index (κ3) is 2.46. The number of aromatic hydroxyl groups is 1. The van der Waals surface area contributed by atoms with Gasteiger partial charge in [0.25, 0.3) is 0 Å². The summed E-state index contributed by atoms with van der Waals surface area (Å²) in [5.74, 6) is -0.822. The number of phenolic OH excluding ortho intramolecular Hbond substituents is 1. The molecule has 0 aliphatic carbocycles. The lowest BCUT2D eigenvalue weighted by Gasteiger charge is -2.10. The fourth-order valence-electron chi connectivity index (χ4n) is 2.35. The van der Waals surface area contributed by atoms with Crippen molar-refractivity contribution < 1.29 is 9.50 Å². The number of phenols is 1. The van der Waals surface area contributed by atoms with Gasteiger partial charge in [-0.05, 0) is 25.1 Å². The number of nitriles is 1. The molecule has 0 saturated carbocycles. The van der Waals surface area contributed by atoms with E-state index in [2.05, 4.69) is 15.0 Å². The summed E-state index contributed by atoms with van der Waals surface area (Å²) in [6.45, 7) is 1.81. The fourth-order valence-corrected chi connectivity index (χ4v) is 2.35. The molecule has 0 unspecified atom stereocenters. The predicted molar refractivity (Wildman–Crippen MR) is 82.7 cm³/mol. The van der Waals surface area contributed by atoms with Crippen molar-refractivity contribution in [1.82, 2.24) is 15.0 Å². The lowest BCUT2D eigenvalue weighted by atomic mass is 10.0. The Labute approximate surface area is 131 Å². The number of hydrogen-bond acceptors (Lipinski definition) is 5. The maximum Gasteiger partial charge on any atom is 0.142 e. The number of aromatic amines is 1. The highest BCUT2D eigenvalue weighted by Gasteiger charge is 2.18. The van der Waals surface area contributed by atoms with Crippen molar-refractivity contribution in [2.75, 3.05) is 5.73 Å². The van der Waals surface area contributed by atoms with Crippen LogP contribution in [0.5, 0.6) is 5.75 Å². The summed E-state index contributed by atoms with van der Waals surface area (Å²) in [6, 6.07) is 7.32. The van der Waals surface area contributed by atoms with E-state index in [0.29, 0.717) is 11.3 Å². The molecule has 0 spiro atoms. The van der Waals surface area contributed by atoms with Gasteiger partial charge < -0.3 is 15.8 Å². The molecule has 114 valence electrons. The molecular formula is C16H12FN5O. The molecule has 3 aromatic rings. The second-order valence-corrected chi connectivity index (χ2v) is 4.97. The van der Waals surface area contributed by atoms with Gasteiger partial charge in [0.2, 0.25) is 0 Å². The van der Waals surface area contributed by atoms with Gasteiger partial charge in [-0.3, -0.25) is 0 Å². The van der Waals surface area contributed by atoms with Crippen molar-refractivity contribution in [2.45, 2.75) is 6.92 Å². The second kappa shape index (κ2) is 5.42. The number of nitrogens with one attached hydrogen (secondary N) is 1. The highest BCUT2D eigenvalue weighted by atomic mass is 19.1. The SMILES string of the molecule is Cc1[nH]cnc1-c1cc(-c2ccc(O)cc2F)nc(N)c1C#N. The number of nitrogens with two attached hydrogens (primary N) is 1. The number of anilines is 1. The number of nitrogens with zero attached hydrogens (tertiary/aromatic N) is 3. The number of aromatic nitrogens is 3. The van der Waals surface area contributed by atoms with Crippen LogP contribution < -0.4 is 5.73 Å². The number of hydrogen-bond donors (Lipinski definition) is 3. The number of rotatable bonds is 2. The van der Waals surface area contributed by atoms with Gasteiger partial charge in [0.15, 0.2) is 0 Å². The topological polar surface area (TPSA) is 112 Å². The van der Waals surface area contributed by atoms with Gasteiger partial charge >= 0.3 is 0 Å². The van der Waals surface area contributed by atoms with Crippen molar-refractivity contribution in [3.63, 3.8) is 0 Å². The maximum absolute atomic E-state index is 14.1. The molecule has 0 fully saturated rings. The second-order valence-electron chi connectivity index (χ2n) is 4.97. The van der Waals surface area contributed by atoms with Crippen molar-refractivity contribution in [3.05, 3.63) is 47.7 Å². The average molecular weight is 309 g/mol. The molecule has 0 radical (unpaired) electrons. The Morgan fingerprint density at radius 3 is 2.70 bits per heavy atom. The first-order valence-electron chi connectivity index (χ1n) is 6.71. The Morgan fingerprint density at radius 2 is 2.09 bits per heavy atom. The van der Waals surface area contributed by atoms with Crippen LogP contribution in [-0.4, -0.2) is 20.1 Å². The Hall–Kier alpha value is -3.40. The van der Waals surface area contributed by atoms with Crippen LogP contribution in [0.3, 0.4) is 0 Å². The monoisotopic (exact) mass is 309 g/mol. The van der Waals surface area contributed by atoms with Crippen LogP contribution in [0.4, 0.5) is 10.2 Å². The van der Waals surface area contributed by atoms with Crippen LogP contribution in [0.15, 0.2) is 30.6 Å². The van der Waals surface area contributed by atoms with Gasteiger partial charge in [-0.1, -0.05) is 0 Å². The highest BCUT2D eigenvalue weighted by molar-refractivity contribution is 5.79. The van der Waals surface area contributed by atoms with Crippen molar-refractivity contribution in [2.24, 2.45) is 0 Å². The quantitative estimate of drug-likeness (QED) is 0.674. The first-order valence-corrected chi connectivity index (χ1v) is 6.71. The molecule has 2 aromatic heterocycles. The van der Waals surface area contributed by atoms with E-state index >= 15 is 0 Å². The van der Waals surface area contributed by atoms with E-state index in [1.807, 2.05) is 6.07 Å². The Kier molecular flexibility index (Phi) is 3.43. The normalized spacial score (nSPS) is 10.5. The Bertz CT molecular complexity index is 942. The number of nitrogen functional groups attached to an aromatic ring is 1. The molecule has 2 heterocycles. The zero-order chi connectivity index (χ0) is 16.6. The third-order valence-electron chi connectivity index (χ3n) is 3.47. The van der Waals surface area contributed by atoms with Gasteiger partial charge in [0, 0.05) is 22.9 Å². The van der Waals surface area contributed by atoms with Crippen molar-refractivity contribution in [1.29, 1.82) is 5.26 Å². The van der Waals surface area contributed by atoms with E-state index in [1.165, 1.54) is 18.5 Å². The molecule has 1 aromatic carbocycles. The minimum Gasteiger partial charge on any atom is -0.508 e. The van der Waals surface area contributed by atoms with E-state index in [0.717, 1.165) is 11.8 Å².